The van der Waals surface area contributed by atoms with Crippen molar-refractivity contribution in [1.29, 1.82) is 0 Å². The summed E-state index contributed by atoms with van der Waals surface area (Å²) in [5, 5.41) is 9.47. The van der Waals surface area contributed by atoms with Crippen molar-refractivity contribution in [3.8, 4) is 0 Å². The second kappa shape index (κ2) is 2.93. The van der Waals surface area contributed by atoms with Gasteiger partial charge in [0.15, 0.2) is 9.84 Å². The lowest BCUT2D eigenvalue weighted by Gasteiger charge is -2.31. The lowest BCUT2D eigenvalue weighted by molar-refractivity contribution is 0.0337. The maximum atomic E-state index is 11.4. The molecule has 0 spiro atoms. The molecule has 0 aromatic rings. The molecule has 0 saturated carbocycles. The number of aliphatic hydroxyl groups is 1. The smallest absolute Gasteiger partial charge is 0.156 e. The third-order valence-electron chi connectivity index (χ3n) is 3.01. The Bertz CT molecular complexity index is 330. The lowest BCUT2D eigenvalue weighted by atomic mass is 10.1. The highest BCUT2D eigenvalue weighted by Gasteiger charge is 2.48. The fourth-order valence-electron chi connectivity index (χ4n) is 2.47. The van der Waals surface area contributed by atoms with E-state index in [1.54, 1.807) is 13.8 Å². The summed E-state index contributed by atoms with van der Waals surface area (Å²) in [6.07, 6.45) is 0.762. The van der Waals surface area contributed by atoms with Crippen molar-refractivity contribution < 1.29 is 13.5 Å². The molecule has 0 aliphatic carbocycles. The van der Waals surface area contributed by atoms with E-state index in [2.05, 4.69) is 4.90 Å². The van der Waals surface area contributed by atoms with Crippen LogP contribution in [0, 0.1) is 0 Å². The van der Waals surface area contributed by atoms with E-state index in [0.29, 0.717) is 13.1 Å². The molecule has 2 heterocycles. The Labute approximate surface area is 84.8 Å². The standard InChI is InChI=1S/C9H17NO3S/c1-9(2,11)6-10-4-8-3-7(10)5-14(8,12)13/h7-8,11H,3-6H2,1-2H3. The SMILES string of the molecule is CC(C)(O)CN1CC2CC1CS2(=O)=O. The van der Waals surface area contributed by atoms with Gasteiger partial charge in [0, 0.05) is 19.1 Å². The first-order valence-corrected chi connectivity index (χ1v) is 6.67. The minimum absolute atomic E-state index is 0.149. The molecular formula is C9H17NO3S. The summed E-state index contributed by atoms with van der Waals surface area (Å²) in [7, 11) is -2.80. The second-order valence-corrected chi connectivity index (χ2v) is 7.41. The van der Waals surface area contributed by atoms with Gasteiger partial charge in [-0.15, -0.1) is 0 Å². The van der Waals surface area contributed by atoms with Crippen LogP contribution in [0.2, 0.25) is 0 Å². The molecule has 2 aliphatic heterocycles. The normalized spacial score (nSPS) is 36.5. The zero-order valence-electron chi connectivity index (χ0n) is 8.60. The number of nitrogens with zero attached hydrogens (tertiary/aromatic N) is 1. The molecule has 2 bridgehead atoms. The maximum absolute atomic E-state index is 11.4. The summed E-state index contributed by atoms with van der Waals surface area (Å²) in [5.41, 5.74) is -0.728. The molecular weight excluding hydrogens is 202 g/mol. The molecule has 82 valence electrons. The zero-order valence-corrected chi connectivity index (χ0v) is 9.42. The van der Waals surface area contributed by atoms with E-state index in [1.807, 2.05) is 0 Å². The van der Waals surface area contributed by atoms with Gasteiger partial charge in [-0.25, -0.2) is 8.42 Å². The van der Waals surface area contributed by atoms with Crippen LogP contribution in [-0.2, 0) is 9.84 Å². The van der Waals surface area contributed by atoms with Gasteiger partial charge in [0.05, 0.1) is 16.6 Å². The molecule has 2 atom stereocenters. The first kappa shape index (κ1) is 10.4. The molecule has 2 unspecified atom stereocenters. The number of fused-ring (bicyclic) bond motifs is 2. The van der Waals surface area contributed by atoms with E-state index in [9.17, 15) is 13.5 Å². The number of rotatable bonds is 2. The van der Waals surface area contributed by atoms with Gasteiger partial charge in [0.1, 0.15) is 0 Å². The Kier molecular flexibility index (Phi) is 2.18. The second-order valence-electron chi connectivity index (χ2n) is 5.08. The Hall–Kier alpha value is -0.130. The molecule has 0 aromatic carbocycles. The Morgan fingerprint density at radius 2 is 2.14 bits per heavy atom. The van der Waals surface area contributed by atoms with Crippen molar-refractivity contribution in [2.24, 2.45) is 0 Å². The van der Waals surface area contributed by atoms with Gasteiger partial charge in [-0.2, -0.15) is 0 Å². The Balaban J connectivity index is 2.04. The van der Waals surface area contributed by atoms with Gasteiger partial charge in [0.25, 0.3) is 0 Å². The number of likely N-dealkylation sites (tertiary alicyclic amines) is 1. The summed E-state index contributed by atoms with van der Waals surface area (Å²) in [6.45, 7) is 4.70. The number of hydrogen-bond donors (Lipinski definition) is 1. The third kappa shape index (κ3) is 1.81. The van der Waals surface area contributed by atoms with Crippen LogP contribution >= 0.6 is 0 Å². The van der Waals surface area contributed by atoms with Crippen molar-refractivity contribution in [1.82, 2.24) is 4.90 Å². The minimum atomic E-state index is -2.80. The van der Waals surface area contributed by atoms with Crippen LogP contribution in [0.3, 0.4) is 0 Å². The molecule has 5 heteroatoms. The van der Waals surface area contributed by atoms with Gasteiger partial charge in [-0.05, 0) is 20.3 Å². The van der Waals surface area contributed by atoms with Crippen molar-refractivity contribution in [3.05, 3.63) is 0 Å². The Morgan fingerprint density at radius 1 is 1.50 bits per heavy atom. The van der Waals surface area contributed by atoms with Crippen LogP contribution < -0.4 is 0 Å². The molecule has 0 aromatic heterocycles. The van der Waals surface area contributed by atoms with Crippen LogP contribution in [-0.4, -0.2) is 54.2 Å². The van der Waals surface area contributed by atoms with E-state index in [-0.39, 0.29) is 17.0 Å². The number of hydrogen-bond acceptors (Lipinski definition) is 4. The van der Waals surface area contributed by atoms with E-state index in [0.717, 1.165) is 6.42 Å². The highest BCUT2D eigenvalue weighted by atomic mass is 32.2. The van der Waals surface area contributed by atoms with E-state index >= 15 is 0 Å². The predicted molar refractivity (Wildman–Crippen MR) is 53.9 cm³/mol. The fourth-order valence-corrected chi connectivity index (χ4v) is 4.56. The van der Waals surface area contributed by atoms with Crippen LogP contribution in [0.4, 0.5) is 0 Å². The molecule has 0 radical (unpaired) electrons. The average Bonchev–Trinajstić information content (AvgIpc) is 2.38. The van der Waals surface area contributed by atoms with Gasteiger partial charge in [0.2, 0.25) is 0 Å². The zero-order chi connectivity index (χ0) is 10.6. The molecule has 4 nitrogen and oxygen atoms in total. The van der Waals surface area contributed by atoms with E-state index in [1.165, 1.54) is 0 Å². The van der Waals surface area contributed by atoms with Crippen LogP contribution in [0.1, 0.15) is 20.3 Å². The van der Waals surface area contributed by atoms with Gasteiger partial charge in [-0.3, -0.25) is 4.90 Å². The Morgan fingerprint density at radius 3 is 2.50 bits per heavy atom. The molecule has 2 aliphatic rings. The van der Waals surface area contributed by atoms with Crippen LogP contribution in [0.5, 0.6) is 0 Å². The van der Waals surface area contributed by atoms with Gasteiger partial charge < -0.3 is 5.11 Å². The maximum Gasteiger partial charge on any atom is 0.156 e. The summed E-state index contributed by atoms with van der Waals surface area (Å²) in [6, 6.07) is 0.149. The van der Waals surface area contributed by atoms with Gasteiger partial charge >= 0.3 is 0 Å². The van der Waals surface area contributed by atoms with Crippen molar-refractivity contribution >= 4 is 9.84 Å². The average molecular weight is 219 g/mol. The summed E-state index contributed by atoms with van der Waals surface area (Å²) in [4.78, 5) is 2.10. The highest BCUT2D eigenvalue weighted by molar-refractivity contribution is 7.92. The fraction of sp³-hybridized carbons (Fsp3) is 1.00. The van der Waals surface area contributed by atoms with Crippen LogP contribution in [0.15, 0.2) is 0 Å². The number of sulfone groups is 1. The molecule has 2 saturated heterocycles. The highest BCUT2D eigenvalue weighted by Crippen LogP contribution is 2.33. The van der Waals surface area contributed by atoms with Crippen molar-refractivity contribution in [2.75, 3.05) is 18.8 Å². The molecule has 2 rings (SSSR count). The first-order valence-electron chi connectivity index (χ1n) is 4.96. The molecule has 2 fully saturated rings. The van der Waals surface area contributed by atoms with Gasteiger partial charge in [-0.1, -0.05) is 0 Å². The van der Waals surface area contributed by atoms with Crippen molar-refractivity contribution in [3.63, 3.8) is 0 Å². The van der Waals surface area contributed by atoms with Crippen molar-refractivity contribution in [2.45, 2.75) is 37.2 Å². The summed E-state index contributed by atoms with van der Waals surface area (Å²) in [5.74, 6) is 0.285. The predicted octanol–water partition coefficient (Wildman–Crippen LogP) is -0.371. The number of β-amino-alcohol motifs (C(OH)–C–C–N with tert-alkyl or cyclic N) is 1. The molecule has 14 heavy (non-hydrogen) atoms. The quantitative estimate of drug-likeness (QED) is 0.688. The summed E-state index contributed by atoms with van der Waals surface area (Å²) < 4.78 is 22.9. The molecule has 1 N–H and O–H groups in total. The third-order valence-corrected chi connectivity index (χ3v) is 5.22. The van der Waals surface area contributed by atoms with E-state index in [4.69, 9.17) is 0 Å². The topological polar surface area (TPSA) is 57.6 Å². The minimum Gasteiger partial charge on any atom is -0.389 e. The van der Waals surface area contributed by atoms with Crippen LogP contribution in [0.25, 0.3) is 0 Å². The summed E-state index contributed by atoms with van der Waals surface area (Å²) >= 11 is 0. The first-order chi connectivity index (χ1) is 6.28. The lowest BCUT2D eigenvalue weighted by Crippen LogP contribution is -2.46. The van der Waals surface area contributed by atoms with E-state index < -0.39 is 15.4 Å². The largest absolute Gasteiger partial charge is 0.389 e. The molecule has 0 amide bonds. The monoisotopic (exact) mass is 219 g/mol.